The zero-order valence-corrected chi connectivity index (χ0v) is 12.0. The standard InChI is InChI=1S/C14H31NO2/c1-5-6-7-8-9-10-11-17-14(13(4)16)15-12(2)3/h12-16H,5-11H2,1-4H3. The maximum Gasteiger partial charge on any atom is 0.134 e. The zero-order chi connectivity index (χ0) is 13.1. The molecule has 0 aliphatic rings. The van der Waals surface area contributed by atoms with Crippen LogP contribution in [-0.2, 0) is 4.74 Å². The normalized spacial score (nSPS) is 15.2. The number of aliphatic hydroxyl groups is 1. The summed E-state index contributed by atoms with van der Waals surface area (Å²) in [7, 11) is 0. The van der Waals surface area contributed by atoms with Gasteiger partial charge in [-0.15, -0.1) is 0 Å². The fourth-order valence-electron chi connectivity index (χ4n) is 1.75. The number of hydrogen-bond donors (Lipinski definition) is 2. The van der Waals surface area contributed by atoms with Crippen molar-refractivity contribution in [3.05, 3.63) is 0 Å². The third-order valence-electron chi connectivity index (χ3n) is 2.73. The molecular formula is C14H31NO2. The van der Waals surface area contributed by atoms with Crippen LogP contribution in [0.2, 0.25) is 0 Å². The Balaban J connectivity index is 3.48. The first-order chi connectivity index (χ1) is 8.07. The molecule has 0 aromatic heterocycles. The predicted octanol–water partition coefficient (Wildman–Crippen LogP) is 3.07. The molecule has 0 rings (SSSR count). The summed E-state index contributed by atoms with van der Waals surface area (Å²) in [5.41, 5.74) is 0. The van der Waals surface area contributed by atoms with Crippen molar-refractivity contribution >= 4 is 0 Å². The van der Waals surface area contributed by atoms with E-state index in [1.54, 1.807) is 6.92 Å². The molecule has 0 aromatic rings. The van der Waals surface area contributed by atoms with Crippen molar-refractivity contribution in [2.24, 2.45) is 0 Å². The lowest BCUT2D eigenvalue weighted by Gasteiger charge is -2.24. The van der Waals surface area contributed by atoms with Crippen LogP contribution in [0, 0.1) is 0 Å². The summed E-state index contributed by atoms with van der Waals surface area (Å²) in [5.74, 6) is 0. The van der Waals surface area contributed by atoms with Crippen molar-refractivity contribution in [3.63, 3.8) is 0 Å². The lowest BCUT2D eigenvalue weighted by molar-refractivity contribution is -0.0534. The van der Waals surface area contributed by atoms with Gasteiger partial charge in [-0.3, -0.25) is 5.32 Å². The van der Waals surface area contributed by atoms with Gasteiger partial charge >= 0.3 is 0 Å². The second-order valence-electron chi connectivity index (χ2n) is 5.12. The third-order valence-corrected chi connectivity index (χ3v) is 2.73. The molecule has 0 aromatic carbocycles. The monoisotopic (exact) mass is 245 g/mol. The minimum Gasteiger partial charge on any atom is -0.389 e. The fourth-order valence-corrected chi connectivity index (χ4v) is 1.75. The molecule has 3 nitrogen and oxygen atoms in total. The van der Waals surface area contributed by atoms with Gasteiger partial charge in [0.05, 0.1) is 6.10 Å². The van der Waals surface area contributed by atoms with Crippen molar-refractivity contribution in [1.82, 2.24) is 5.32 Å². The average molecular weight is 245 g/mol. The summed E-state index contributed by atoms with van der Waals surface area (Å²) in [6, 6.07) is 0.333. The van der Waals surface area contributed by atoms with Gasteiger partial charge < -0.3 is 9.84 Å². The van der Waals surface area contributed by atoms with E-state index in [1.807, 2.05) is 0 Å². The summed E-state index contributed by atoms with van der Waals surface area (Å²) in [4.78, 5) is 0. The van der Waals surface area contributed by atoms with Gasteiger partial charge in [0.1, 0.15) is 6.23 Å². The molecule has 0 saturated carbocycles. The lowest BCUT2D eigenvalue weighted by atomic mass is 10.1. The molecule has 0 saturated heterocycles. The molecule has 2 atom stereocenters. The van der Waals surface area contributed by atoms with Gasteiger partial charge in [-0.1, -0.05) is 39.0 Å². The summed E-state index contributed by atoms with van der Waals surface area (Å²) in [5, 5.41) is 12.8. The molecule has 0 bridgehead atoms. The SMILES string of the molecule is CCCCCCCCOC(NC(C)C)C(C)O. The zero-order valence-electron chi connectivity index (χ0n) is 12.0. The largest absolute Gasteiger partial charge is 0.389 e. The molecule has 0 heterocycles. The highest BCUT2D eigenvalue weighted by Gasteiger charge is 2.15. The van der Waals surface area contributed by atoms with Gasteiger partial charge in [0.2, 0.25) is 0 Å². The van der Waals surface area contributed by atoms with Crippen molar-refractivity contribution in [2.45, 2.75) is 84.6 Å². The van der Waals surface area contributed by atoms with E-state index in [0.29, 0.717) is 6.04 Å². The van der Waals surface area contributed by atoms with Crippen molar-refractivity contribution in [3.8, 4) is 0 Å². The Bertz CT molecular complexity index is 160. The Morgan fingerprint density at radius 1 is 1.00 bits per heavy atom. The minimum absolute atomic E-state index is 0.231. The van der Waals surface area contributed by atoms with E-state index in [1.165, 1.54) is 32.1 Å². The van der Waals surface area contributed by atoms with Gasteiger partial charge in [-0.25, -0.2) is 0 Å². The van der Waals surface area contributed by atoms with Crippen LogP contribution < -0.4 is 5.32 Å². The van der Waals surface area contributed by atoms with E-state index in [0.717, 1.165) is 13.0 Å². The van der Waals surface area contributed by atoms with Crippen molar-refractivity contribution in [1.29, 1.82) is 0 Å². The Kier molecular flexibility index (Phi) is 10.9. The van der Waals surface area contributed by atoms with Crippen molar-refractivity contribution in [2.75, 3.05) is 6.61 Å². The Hall–Kier alpha value is -0.120. The molecule has 0 aliphatic carbocycles. The van der Waals surface area contributed by atoms with Gasteiger partial charge in [-0.05, 0) is 27.2 Å². The molecule has 0 amide bonds. The number of rotatable bonds is 11. The van der Waals surface area contributed by atoms with Gasteiger partial charge in [0.25, 0.3) is 0 Å². The lowest BCUT2D eigenvalue weighted by Crippen LogP contribution is -2.44. The Morgan fingerprint density at radius 3 is 2.12 bits per heavy atom. The third kappa shape index (κ3) is 10.7. The van der Waals surface area contributed by atoms with Crippen LogP contribution in [0.5, 0.6) is 0 Å². The molecule has 3 heteroatoms. The van der Waals surface area contributed by atoms with Crippen LogP contribution in [0.1, 0.15) is 66.2 Å². The van der Waals surface area contributed by atoms with Crippen LogP contribution in [0.25, 0.3) is 0 Å². The molecule has 0 aliphatic heterocycles. The quantitative estimate of drug-likeness (QED) is 0.434. The number of nitrogens with one attached hydrogen (secondary N) is 1. The van der Waals surface area contributed by atoms with E-state index < -0.39 is 6.10 Å². The second kappa shape index (κ2) is 11.0. The maximum atomic E-state index is 9.55. The van der Waals surface area contributed by atoms with E-state index in [9.17, 15) is 5.11 Å². The molecular weight excluding hydrogens is 214 g/mol. The molecule has 2 N–H and O–H groups in total. The number of ether oxygens (including phenoxy) is 1. The molecule has 0 spiro atoms. The second-order valence-corrected chi connectivity index (χ2v) is 5.12. The first kappa shape index (κ1) is 16.9. The average Bonchev–Trinajstić information content (AvgIpc) is 2.25. The predicted molar refractivity (Wildman–Crippen MR) is 73.1 cm³/mol. The smallest absolute Gasteiger partial charge is 0.134 e. The number of unbranched alkanes of at least 4 members (excludes halogenated alkanes) is 5. The van der Waals surface area contributed by atoms with Crippen LogP contribution in [0.15, 0.2) is 0 Å². The van der Waals surface area contributed by atoms with E-state index >= 15 is 0 Å². The number of aliphatic hydroxyl groups excluding tert-OH is 1. The Labute approximate surface area is 107 Å². The van der Waals surface area contributed by atoms with Crippen LogP contribution >= 0.6 is 0 Å². The first-order valence-electron chi connectivity index (χ1n) is 7.13. The van der Waals surface area contributed by atoms with Crippen LogP contribution in [0.4, 0.5) is 0 Å². The Morgan fingerprint density at radius 2 is 1.59 bits per heavy atom. The van der Waals surface area contributed by atoms with Crippen LogP contribution in [0.3, 0.4) is 0 Å². The summed E-state index contributed by atoms with van der Waals surface area (Å²) < 4.78 is 5.66. The highest BCUT2D eigenvalue weighted by atomic mass is 16.5. The molecule has 0 fully saturated rings. The summed E-state index contributed by atoms with van der Waals surface area (Å²) in [6.45, 7) is 8.85. The van der Waals surface area contributed by atoms with E-state index in [4.69, 9.17) is 4.74 Å². The van der Waals surface area contributed by atoms with Gasteiger partial charge in [0.15, 0.2) is 0 Å². The van der Waals surface area contributed by atoms with Crippen LogP contribution in [-0.4, -0.2) is 30.1 Å². The molecule has 2 unspecified atom stereocenters. The summed E-state index contributed by atoms with van der Waals surface area (Å²) >= 11 is 0. The van der Waals surface area contributed by atoms with E-state index in [-0.39, 0.29) is 6.23 Å². The summed E-state index contributed by atoms with van der Waals surface area (Å²) in [6.07, 6.45) is 6.89. The van der Waals surface area contributed by atoms with E-state index in [2.05, 4.69) is 26.1 Å². The molecule has 17 heavy (non-hydrogen) atoms. The molecule has 0 radical (unpaired) electrons. The number of hydrogen-bond acceptors (Lipinski definition) is 3. The highest BCUT2D eigenvalue weighted by Crippen LogP contribution is 2.06. The minimum atomic E-state index is -0.461. The fraction of sp³-hybridized carbons (Fsp3) is 1.00. The highest BCUT2D eigenvalue weighted by molar-refractivity contribution is 4.65. The topological polar surface area (TPSA) is 41.5 Å². The first-order valence-corrected chi connectivity index (χ1v) is 7.13. The van der Waals surface area contributed by atoms with Gasteiger partial charge in [-0.2, -0.15) is 0 Å². The maximum absolute atomic E-state index is 9.55. The van der Waals surface area contributed by atoms with Gasteiger partial charge in [0, 0.05) is 12.6 Å². The molecule has 104 valence electrons. The van der Waals surface area contributed by atoms with Crippen molar-refractivity contribution < 1.29 is 9.84 Å².